The number of benzene rings is 2. The SMILES string of the molecule is CC(C)[C@]1(C(=O)N2CCc3ccc(C(F)(F)F)cc3C2)CC[C@@H](NC2CCc3cc(Br)ccc32)C1. The minimum atomic E-state index is -4.38. The monoisotopic (exact) mass is 548 g/mol. The molecule has 1 unspecified atom stereocenters. The number of carbonyl (C=O) groups is 1. The zero-order valence-corrected chi connectivity index (χ0v) is 21.8. The first-order chi connectivity index (χ1) is 16.6. The predicted molar refractivity (Wildman–Crippen MR) is 134 cm³/mol. The molecular weight excluding hydrogens is 517 g/mol. The van der Waals surface area contributed by atoms with Crippen molar-refractivity contribution in [1.82, 2.24) is 10.2 Å². The third kappa shape index (κ3) is 4.66. The van der Waals surface area contributed by atoms with Crippen molar-refractivity contribution in [2.45, 2.75) is 77.2 Å². The molecule has 2 aromatic rings. The first-order valence-electron chi connectivity index (χ1n) is 12.6. The lowest BCUT2D eigenvalue weighted by Crippen LogP contribution is -2.48. The Kier molecular flexibility index (Phi) is 6.54. The van der Waals surface area contributed by atoms with Gasteiger partial charge < -0.3 is 10.2 Å². The summed E-state index contributed by atoms with van der Waals surface area (Å²) in [4.78, 5) is 15.8. The van der Waals surface area contributed by atoms with E-state index in [1.807, 2.05) is 4.90 Å². The smallest absolute Gasteiger partial charge is 0.338 e. The van der Waals surface area contributed by atoms with Gasteiger partial charge in [-0.15, -0.1) is 0 Å². The number of carbonyl (C=O) groups excluding carboxylic acids is 1. The highest BCUT2D eigenvalue weighted by molar-refractivity contribution is 9.10. The minimum Gasteiger partial charge on any atom is -0.338 e. The van der Waals surface area contributed by atoms with Gasteiger partial charge in [0, 0.05) is 29.6 Å². The summed E-state index contributed by atoms with van der Waals surface area (Å²) >= 11 is 3.56. The van der Waals surface area contributed by atoms with Gasteiger partial charge in [-0.05, 0) is 91.0 Å². The fourth-order valence-corrected chi connectivity index (χ4v) is 6.86. The highest BCUT2D eigenvalue weighted by Gasteiger charge is 2.50. The molecule has 1 heterocycles. The maximum Gasteiger partial charge on any atom is 0.416 e. The molecular formula is C28H32BrF3N2O. The van der Waals surface area contributed by atoms with Crippen LogP contribution in [0.1, 0.15) is 73.4 Å². The van der Waals surface area contributed by atoms with E-state index in [4.69, 9.17) is 0 Å². The summed E-state index contributed by atoms with van der Waals surface area (Å²) in [5.41, 5.74) is 3.16. The largest absolute Gasteiger partial charge is 0.416 e. The van der Waals surface area contributed by atoms with Gasteiger partial charge in [0.05, 0.1) is 11.0 Å². The average molecular weight is 549 g/mol. The Morgan fingerprint density at radius 2 is 1.89 bits per heavy atom. The number of aryl methyl sites for hydroxylation is 1. The number of hydrogen-bond acceptors (Lipinski definition) is 2. The van der Waals surface area contributed by atoms with Crippen LogP contribution < -0.4 is 5.32 Å². The maximum absolute atomic E-state index is 13.9. The van der Waals surface area contributed by atoms with Crippen molar-refractivity contribution in [3.05, 3.63) is 68.7 Å². The van der Waals surface area contributed by atoms with Crippen molar-refractivity contribution in [2.75, 3.05) is 6.54 Å². The molecule has 0 aromatic heterocycles. The number of halogens is 4. The van der Waals surface area contributed by atoms with Crippen molar-refractivity contribution >= 4 is 21.8 Å². The predicted octanol–water partition coefficient (Wildman–Crippen LogP) is 6.82. The average Bonchev–Trinajstić information content (AvgIpc) is 3.42. The molecule has 3 atom stereocenters. The fourth-order valence-electron chi connectivity index (χ4n) is 6.45. The molecule has 1 aliphatic heterocycles. The Labute approximate surface area is 213 Å². The van der Waals surface area contributed by atoms with Gasteiger partial charge >= 0.3 is 6.18 Å². The van der Waals surface area contributed by atoms with E-state index in [2.05, 4.69) is 53.3 Å². The van der Waals surface area contributed by atoms with E-state index in [-0.39, 0.29) is 24.4 Å². The number of fused-ring (bicyclic) bond motifs is 2. The second kappa shape index (κ2) is 9.22. The van der Waals surface area contributed by atoms with Gasteiger partial charge in [-0.25, -0.2) is 0 Å². The van der Waals surface area contributed by atoms with E-state index in [0.717, 1.165) is 48.2 Å². The third-order valence-corrected chi connectivity index (χ3v) is 9.03. The quantitative estimate of drug-likeness (QED) is 0.454. The molecule has 1 amide bonds. The fraction of sp³-hybridized carbons (Fsp3) is 0.536. The summed E-state index contributed by atoms with van der Waals surface area (Å²) in [6.45, 7) is 5.05. The molecule has 1 saturated carbocycles. The Balaban J connectivity index is 1.31. The zero-order valence-electron chi connectivity index (χ0n) is 20.2. The van der Waals surface area contributed by atoms with Crippen LogP contribution in [0.4, 0.5) is 13.2 Å². The van der Waals surface area contributed by atoms with Crippen molar-refractivity contribution in [2.24, 2.45) is 11.3 Å². The van der Waals surface area contributed by atoms with Crippen LogP contribution in [0.3, 0.4) is 0 Å². The molecule has 2 aliphatic carbocycles. The Morgan fingerprint density at radius 1 is 1.09 bits per heavy atom. The van der Waals surface area contributed by atoms with Gasteiger partial charge in [0.2, 0.25) is 5.91 Å². The van der Waals surface area contributed by atoms with Crippen molar-refractivity contribution in [1.29, 1.82) is 0 Å². The molecule has 35 heavy (non-hydrogen) atoms. The number of hydrogen-bond donors (Lipinski definition) is 1. The Bertz CT molecular complexity index is 1130. The van der Waals surface area contributed by atoms with E-state index in [9.17, 15) is 18.0 Å². The highest BCUT2D eigenvalue weighted by Crippen LogP contribution is 2.47. The van der Waals surface area contributed by atoms with Crippen LogP contribution in [0.15, 0.2) is 40.9 Å². The van der Waals surface area contributed by atoms with Crippen LogP contribution in [-0.2, 0) is 30.4 Å². The molecule has 188 valence electrons. The van der Waals surface area contributed by atoms with Crippen LogP contribution in [0.25, 0.3) is 0 Å². The first kappa shape index (κ1) is 24.8. The van der Waals surface area contributed by atoms with E-state index >= 15 is 0 Å². The number of amides is 1. The molecule has 3 aliphatic rings. The second-order valence-electron chi connectivity index (χ2n) is 10.8. The molecule has 2 aromatic carbocycles. The third-order valence-electron chi connectivity index (χ3n) is 8.53. The van der Waals surface area contributed by atoms with Gasteiger partial charge in [0.1, 0.15) is 0 Å². The molecule has 7 heteroatoms. The van der Waals surface area contributed by atoms with Crippen LogP contribution in [0.5, 0.6) is 0 Å². The Hall–Kier alpha value is -1.86. The summed E-state index contributed by atoms with van der Waals surface area (Å²) in [6.07, 6.45) is 0.874. The molecule has 5 rings (SSSR count). The maximum atomic E-state index is 13.9. The Morgan fingerprint density at radius 3 is 2.63 bits per heavy atom. The van der Waals surface area contributed by atoms with Gasteiger partial charge in [-0.3, -0.25) is 4.79 Å². The lowest BCUT2D eigenvalue weighted by molar-refractivity contribution is -0.145. The number of alkyl halides is 3. The summed E-state index contributed by atoms with van der Waals surface area (Å²) in [5.74, 6) is 0.271. The van der Waals surface area contributed by atoms with Crippen LogP contribution in [-0.4, -0.2) is 23.4 Å². The van der Waals surface area contributed by atoms with Crippen LogP contribution >= 0.6 is 15.9 Å². The molecule has 0 bridgehead atoms. The minimum absolute atomic E-state index is 0.107. The summed E-state index contributed by atoms with van der Waals surface area (Å²) in [5, 5.41) is 3.85. The zero-order chi connectivity index (χ0) is 25.0. The summed E-state index contributed by atoms with van der Waals surface area (Å²) in [7, 11) is 0. The molecule has 1 N–H and O–H groups in total. The van der Waals surface area contributed by atoms with Crippen LogP contribution in [0, 0.1) is 11.3 Å². The van der Waals surface area contributed by atoms with Crippen molar-refractivity contribution < 1.29 is 18.0 Å². The molecule has 1 fully saturated rings. The standard InChI is InChI=1S/C28H32BrF3N2O/c1-17(2)27(11-9-23(15-27)33-25-8-4-19-14-22(29)6-7-24(19)25)26(35)34-12-10-18-3-5-21(28(30,31)32)13-20(18)16-34/h3,5-7,13-14,17,23,25,33H,4,8-12,15-16H2,1-2H3/t23-,25?,27+/m1/s1. The number of rotatable bonds is 4. The van der Waals surface area contributed by atoms with E-state index in [1.54, 1.807) is 6.07 Å². The summed E-state index contributed by atoms with van der Waals surface area (Å²) < 4.78 is 40.9. The van der Waals surface area contributed by atoms with Crippen molar-refractivity contribution in [3.8, 4) is 0 Å². The van der Waals surface area contributed by atoms with Gasteiger partial charge in [0.15, 0.2) is 0 Å². The molecule has 0 radical (unpaired) electrons. The van der Waals surface area contributed by atoms with E-state index in [0.29, 0.717) is 24.6 Å². The van der Waals surface area contributed by atoms with Gasteiger partial charge in [-0.2, -0.15) is 13.2 Å². The molecule has 3 nitrogen and oxygen atoms in total. The van der Waals surface area contributed by atoms with Crippen molar-refractivity contribution in [3.63, 3.8) is 0 Å². The normalized spacial score (nSPS) is 26.2. The van der Waals surface area contributed by atoms with Gasteiger partial charge in [0.25, 0.3) is 0 Å². The summed E-state index contributed by atoms with van der Waals surface area (Å²) in [6, 6.07) is 11.0. The lowest BCUT2D eigenvalue weighted by Gasteiger charge is -2.40. The topological polar surface area (TPSA) is 32.3 Å². The van der Waals surface area contributed by atoms with E-state index < -0.39 is 17.2 Å². The second-order valence-corrected chi connectivity index (χ2v) is 11.7. The van der Waals surface area contributed by atoms with E-state index in [1.165, 1.54) is 17.2 Å². The highest BCUT2D eigenvalue weighted by atomic mass is 79.9. The molecule has 0 saturated heterocycles. The molecule has 0 spiro atoms. The number of nitrogens with zero attached hydrogens (tertiary/aromatic N) is 1. The first-order valence-corrected chi connectivity index (χ1v) is 13.4. The van der Waals surface area contributed by atoms with Gasteiger partial charge in [-0.1, -0.05) is 41.9 Å². The number of nitrogens with one attached hydrogen (secondary N) is 1. The van der Waals surface area contributed by atoms with Crippen LogP contribution in [0.2, 0.25) is 0 Å². The lowest BCUT2D eigenvalue weighted by atomic mass is 9.73.